The van der Waals surface area contributed by atoms with Gasteiger partial charge in [0.05, 0.1) is 10.7 Å². The van der Waals surface area contributed by atoms with Crippen molar-refractivity contribution in [3.8, 4) is 0 Å². The average Bonchev–Trinajstić information content (AvgIpc) is 3.13. The van der Waals surface area contributed by atoms with Crippen LogP contribution in [0, 0.1) is 5.41 Å². The second-order valence-corrected chi connectivity index (χ2v) is 9.06. The van der Waals surface area contributed by atoms with E-state index in [1.165, 1.54) is 88.4 Å². The Labute approximate surface area is 150 Å². The molecule has 130 valence electrons. The van der Waals surface area contributed by atoms with Gasteiger partial charge in [0.2, 0.25) is 0 Å². The van der Waals surface area contributed by atoms with Gasteiger partial charge in [0, 0.05) is 30.4 Å². The summed E-state index contributed by atoms with van der Waals surface area (Å²) in [4.78, 5) is 9.36. The number of likely N-dealkylation sites (tertiary alicyclic amines) is 1. The first kappa shape index (κ1) is 17.7. The Kier molecular flexibility index (Phi) is 5.67. The minimum absolute atomic E-state index is 0. The average molecular weight is 356 g/mol. The number of hydrogen-bond acceptors (Lipinski definition) is 4. The molecule has 2 atom stereocenters. The van der Waals surface area contributed by atoms with Gasteiger partial charge in [-0.25, -0.2) is 4.98 Å². The van der Waals surface area contributed by atoms with Crippen LogP contribution in [-0.2, 0) is 12.8 Å². The van der Waals surface area contributed by atoms with Gasteiger partial charge in [-0.05, 0) is 63.5 Å². The Morgan fingerprint density at radius 1 is 1.30 bits per heavy atom. The number of nitrogens with one attached hydrogen (secondary N) is 1. The highest BCUT2D eigenvalue weighted by Gasteiger charge is 2.33. The largest absolute Gasteiger partial charge is 0.316 e. The van der Waals surface area contributed by atoms with Gasteiger partial charge in [-0.15, -0.1) is 23.7 Å². The van der Waals surface area contributed by atoms with Gasteiger partial charge in [0.15, 0.2) is 0 Å². The van der Waals surface area contributed by atoms with Crippen LogP contribution in [0.4, 0.5) is 0 Å². The molecule has 0 radical (unpaired) electrons. The standard InChI is InChI=1S/C18H29N3S.ClH/c1-18(8-9-19-12-18)13-21-10-4-5-14(11-21)17-20-15-6-2-3-7-16(15)22-17;/h14,19H,2-13H2,1H3;1H. The summed E-state index contributed by atoms with van der Waals surface area (Å²) in [7, 11) is 0. The van der Waals surface area contributed by atoms with E-state index >= 15 is 0 Å². The summed E-state index contributed by atoms with van der Waals surface area (Å²) in [6.07, 6.45) is 9.25. The van der Waals surface area contributed by atoms with E-state index in [0.717, 1.165) is 0 Å². The Morgan fingerprint density at radius 3 is 2.96 bits per heavy atom. The van der Waals surface area contributed by atoms with Gasteiger partial charge in [-0.3, -0.25) is 0 Å². The molecule has 2 saturated heterocycles. The molecule has 1 aromatic heterocycles. The van der Waals surface area contributed by atoms with Crippen LogP contribution in [-0.4, -0.2) is 42.6 Å². The van der Waals surface area contributed by atoms with E-state index < -0.39 is 0 Å². The Bertz CT molecular complexity index is 501. The topological polar surface area (TPSA) is 28.2 Å². The molecule has 0 bridgehead atoms. The number of piperidine rings is 1. The molecule has 0 aromatic carbocycles. The maximum Gasteiger partial charge on any atom is 0.0974 e. The van der Waals surface area contributed by atoms with Crippen LogP contribution in [0.1, 0.15) is 60.5 Å². The van der Waals surface area contributed by atoms with Gasteiger partial charge >= 0.3 is 0 Å². The van der Waals surface area contributed by atoms with Crippen LogP contribution in [0.2, 0.25) is 0 Å². The molecular formula is C18H30ClN3S. The van der Waals surface area contributed by atoms with Crippen LogP contribution in [0.15, 0.2) is 0 Å². The van der Waals surface area contributed by atoms with Crippen LogP contribution in [0.25, 0.3) is 0 Å². The Balaban J connectivity index is 0.00000156. The second-order valence-electron chi connectivity index (χ2n) is 7.94. The van der Waals surface area contributed by atoms with Crippen LogP contribution in [0.5, 0.6) is 0 Å². The van der Waals surface area contributed by atoms with E-state index in [0.29, 0.717) is 11.3 Å². The highest BCUT2D eigenvalue weighted by atomic mass is 35.5. The molecule has 5 heteroatoms. The Morgan fingerprint density at radius 2 is 2.17 bits per heavy atom. The van der Waals surface area contributed by atoms with Gasteiger partial charge in [0.25, 0.3) is 0 Å². The third-order valence-electron chi connectivity index (χ3n) is 5.78. The molecule has 1 aliphatic carbocycles. The maximum atomic E-state index is 5.04. The fourth-order valence-electron chi connectivity index (χ4n) is 4.49. The van der Waals surface area contributed by atoms with Crippen LogP contribution < -0.4 is 5.32 Å². The predicted molar refractivity (Wildman–Crippen MR) is 100 cm³/mol. The second kappa shape index (κ2) is 7.38. The number of aromatic nitrogens is 1. The first-order valence-electron chi connectivity index (χ1n) is 9.13. The third-order valence-corrected chi connectivity index (χ3v) is 7.10. The summed E-state index contributed by atoms with van der Waals surface area (Å²) < 4.78 is 0. The number of hydrogen-bond donors (Lipinski definition) is 1. The summed E-state index contributed by atoms with van der Waals surface area (Å²) in [5.74, 6) is 0.697. The van der Waals surface area contributed by atoms with Gasteiger partial charge in [-0.1, -0.05) is 6.92 Å². The van der Waals surface area contributed by atoms with Crippen LogP contribution >= 0.6 is 23.7 Å². The fraction of sp³-hybridized carbons (Fsp3) is 0.833. The lowest BCUT2D eigenvalue weighted by Gasteiger charge is -2.37. The normalized spacial score (nSPS) is 31.6. The summed E-state index contributed by atoms with van der Waals surface area (Å²) in [6, 6.07) is 0. The molecule has 2 unspecified atom stereocenters. The molecule has 1 N–H and O–H groups in total. The van der Waals surface area contributed by atoms with E-state index in [9.17, 15) is 0 Å². The monoisotopic (exact) mass is 355 g/mol. The fourth-order valence-corrected chi connectivity index (χ4v) is 5.77. The molecular weight excluding hydrogens is 326 g/mol. The lowest BCUT2D eigenvalue weighted by atomic mass is 9.87. The minimum atomic E-state index is 0. The molecule has 2 fully saturated rings. The van der Waals surface area contributed by atoms with E-state index in [1.54, 1.807) is 4.88 Å². The zero-order chi connectivity index (χ0) is 15.0. The van der Waals surface area contributed by atoms with Crippen molar-refractivity contribution in [3.63, 3.8) is 0 Å². The maximum absolute atomic E-state index is 5.04. The first-order valence-corrected chi connectivity index (χ1v) is 9.95. The van der Waals surface area contributed by atoms with Crippen LogP contribution in [0.3, 0.4) is 0 Å². The lowest BCUT2D eigenvalue weighted by Crippen LogP contribution is -2.42. The van der Waals surface area contributed by atoms with E-state index in [1.807, 2.05) is 11.3 Å². The predicted octanol–water partition coefficient (Wildman–Crippen LogP) is 3.62. The number of rotatable bonds is 3. The first-order chi connectivity index (χ1) is 10.7. The molecule has 3 aliphatic rings. The molecule has 3 heterocycles. The SMILES string of the molecule is CC1(CN2CCCC(c3nc4c(s3)CCCC4)C2)CCNC1.Cl. The molecule has 23 heavy (non-hydrogen) atoms. The number of thiazole rings is 1. The van der Waals surface area contributed by atoms with E-state index in [-0.39, 0.29) is 12.4 Å². The molecule has 1 aromatic rings. The van der Waals surface area contributed by atoms with E-state index in [4.69, 9.17) is 4.98 Å². The van der Waals surface area contributed by atoms with E-state index in [2.05, 4.69) is 17.1 Å². The zero-order valence-electron chi connectivity index (χ0n) is 14.3. The van der Waals surface area contributed by atoms with Crippen molar-refractivity contribution < 1.29 is 0 Å². The van der Waals surface area contributed by atoms with Gasteiger partial charge in [-0.2, -0.15) is 0 Å². The lowest BCUT2D eigenvalue weighted by molar-refractivity contribution is 0.141. The van der Waals surface area contributed by atoms with Crippen molar-refractivity contribution in [3.05, 3.63) is 15.6 Å². The van der Waals surface area contributed by atoms with Crippen molar-refractivity contribution in [2.24, 2.45) is 5.41 Å². The third kappa shape index (κ3) is 3.92. The number of fused-ring (bicyclic) bond motifs is 1. The highest BCUT2D eigenvalue weighted by molar-refractivity contribution is 7.11. The quantitative estimate of drug-likeness (QED) is 0.897. The van der Waals surface area contributed by atoms with Crippen molar-refractivity contribution in [1.82, 2.24) is 15.2 Å². The minimum Gasteiger partial charge on any atom is -0.316 e. The number of nitrogens with zero attached hydrogens (tertiary/aromatic N) is 2. The summed E-state index contributed by atoms with van der Waals surface area (Å²) in [5.41, 5.74) is 1.93. The zero-order valence-corrected chi connectivity index (χ0v) is 15.9. The molecule has 0 amide bonds. The number of aryl methyl sites for hydroxylation is 2. The molecule has 0 saturated carbocycles. The van der Waals surface area contributed by atoms with Gasteiger partial charge in [0.1, 0.15) is 0 Å². The van der Waals surface area contributed by atoms with Gasteiger partial charge < -0.3 is 10.2 Å². The molecule has 0 spiro atoms. The number of halogens is 1. The molecule has 3 nitrogen and oxygen atoms in total. The van der Waals surface area contributed by atoms with Crippen molar-refractivity contribution in [2.75, 3.05) is 32.7 Å². The summed E-state index contributed by atoms with van der Waals surface area (Å²) in [6.45, 7) is 8.64. The van der Waals surface area contributed by atoms with Crippen molar-refractivity contribution in [2.45, 2.75) is 57.8 Å². The van der Waals surface area contributed by atoms with Crippen molar-refractivity contribution >= 4 is 23.7 Å². The molecule has 4 rings (SSSR count). The van der Waals surface area contributed by atoms with Crippen molar-refractivity contribution in [1.29, 1.82) is 0 Å². The molecule has 2 aliphatic heterocycles. The summed E-state index contributed by atoms with van der Waals surface area (Å²) >= 11 is 2.04. The smallest absolute Gasteiger partial charge is 0.0974 e. The summed E-state index contributed by atoms with van der Waals surface area (Å²) in [5, 5.41) is 4.99. The highest BCUT2D eigenvalue weighted by Crippen LogP contribution is 2.36. The Hall–Kier alpha value is -0.160.